The maximum atomic E-state index is 12.1. The monoisotopic (exact) mass is 353 g/mol. The predicted octanol–water partition coefficient (Wildman–Crippen LogP) is 3.65. The Morgan fingerprint density at radius 2 is 1.78 bits per heavy atom. The molecule has 124 valence electrons. The Kier molecular flexibility index (Phi) is 6.45. The van der Waals surface area contributed by atoms with E-state index in [0.29, 0.717) is 24.6 Å². The van der Waals surface area contributed by atoms with Gasteiger partial charge in [-0.3, -0.25) is 0 Å². The number of nitrogens with one attached hydrogen (secondary N) is 1. The number of benzene rings is 2. The van der Waals surface area contributed by atoms with E-state index in [-0.39, 0.29) is 4.90 Å². The van der Waals surface area contributed by atoms with Crippen LogP contribution in [-0.2, 0) is 16.4 Å². The lowest BCUT2D eigenvalue weighted by atomic mass is 10.1. The molecule has 0 saturated heterocycles. The lowest BCUT2D eigenvalue weighted by molar-refractivity contribution is 0.336. The van der Waals surface area contributed by atoms with Crippen molar-refractivity contribution >= 4 is 21.6 Å². The predicted molar refractivity (Wildman–Crippen MR) is 92.6 cm³/mol. The largest absolute Gasteiger partial charge is 0.494 e. The first-order valence-electron chi connectivity index (χ1n) is 7.49. The van der Waals surface area contributed by atoms with E-state index in [1.807, 2.05) is 31.2 Å². The van der Waals surface area contributed by atoms with Crippen molar-refractivity contribution in [3.8, 4) is 5.75 Å². The van der Waals surface area contributed by atoms with Gasteiger partial charge in [0.1, 0.15) is 5.75 Å². The van der Waals surface area contributed by atoms with Crippen LogP contribution in [-0.4, -0.2) is 21.6 Å². The van der Waals surface area contributed by atoms with Crippen molar-refractivity contribution in [3.63, 3.8) is 0 Å². The molecule has 2 rings (SSSR count). The lowest BCUT2D eigenvalue weighted by Gasteiger charge is -2.10. The highest BCUT2D eigenvalue weighted by Crippen LogP contribution is 2.19. The summed E-state index contributed by atoms with van der Waals surface area (Å²) in [6, 6.07) is 13.9. The Balaban J connectivity index is 1.89. The second-order valence-electron chi connectivity index (χ2n) is 5.00. The summed E-state index contributed by atoms with van der Waals surface area (Å²) in [6.45, 7) is 2.92. The van der Waals surface area contributed by atoms with Gasteiger partial charge in [0.2, 0.25) is 10.0 Å². The van der Waals surface area contributed by atoms with Gasteiger partial charge in [0, 0.05) is 11.6 Å². The van der Waals surface area contributed by atoms with E-state index >= 15 is 0 Å². The van der Waals surface area contributed by atoms with Crippen molar-refractivity contribution in [1.29, 1.82) is 0 Å². The van der Waals surface area contributed by atoms with Gasteiger partial charge in [0.15, 0.2) is 0 Å². The third kappa shape index (κ3) is 5.23. The van der Waals surface area contributed by atoms with Crippen molar-refractivity contribution in [3.05, 3.63) is 59.1 Å². The summed E-state index contributed by atoms with van der Waals surface area (Å²) in [5.74, 6) is 0.857. The Labute approximate surface area is 142 Å². The molecule has 2 aromatic rings. The molecule has 0 heterocycles. The van der Waals surface area contributed by atoms with E-state index in [2.05, 4.69) is 4.72 Å². The van der Waals surface area contributed by atoms with Crippen LogP contribution in [0.1, 0.15) is 18.9 Å². The first kappa shape index (κ1) is 17.8. The zero-order chi connectivity index (χ0) is 16.7. The summed E-state index contributed by atoms with van der Waals surface area (Å²) in [6.07, 6.45) is 1.44. The second kappa shape index (κ2) is 8.34. The van der Waals surface area contributed by atoms with Crippen LogP contribution in [0.2, 0.25) is 5.02 Å². The van der Waals surface area contributed by atoms with Gasteiger partial charge < -0.3 is 4.74 Å². The zero-order valence-corrected chi connectivity index (χ0v) is 14.5. The number of aryl methyl sites for hydroxylation is 1. The molecule has 0 fully saturated rings. The Bertz CT molecular complexity index is 730. The van der Waals surface area contributed by atoms with Gasteiger partial charge in [-0.15, -0.1) is 0 Å². The van der Waals surface area contributed by atoms with Crippen LogP contribution in [0.15, 0.2) is 53.4 Å². The topological polar surface area (TPSA) is 55.4 Å². The molecular weight excluding hydrogens is 334 g/mol. The van der Waals surface area contributed by atoms with Crippen LogP contribution in [0.4, 0.5) is 0 Å². The van der Waals surface area contributed by atoms with Gasteiger partial charge in [0.25, 0.3) is 0 Å². The zero-order valence-electron chi connectivity index (χ0n) is 13.0. The van der Waals surface area contributed by atoms with Gasteiger partial charge in [0.05, 0.1) is 11.5 Å². The molecule has 6 heteroatoms. The van der Waals surface area contributed by atoms with Gasteiger partial charge in [-0.05, 0) is 55.7 Å². The number of para-hydroxylation sites is 1. The smallest absolute Gasteiger partial charge is 0.240 e. The fourth-order valence-electron chi connectivity index (χ4n) is 2.19. The highest BCUT2D eigenvalue weighted by molar-refractivity contribution is 7.89. The molecule has 0 aliphatic carbocycles. The van der Waals surface area contributed by atoms with E-state index in [1.165, 1.54) is 12.1 Å². The van der Waals surface area contributed by atoms with Gasteiger partial charge in [-0.25, -0.2) is 13.1 Å². The number of rotatable bonds is 8. The average Bonchev–Trinajstić information content (AvgIpc) is 2.54. The standard InChI is InChI=1S/C17H20ClNO3S/c1-2-22-17-8-4-3-6-14(17)7-5-13-19-23(20,21)16-11-9-15(18)10-12-16/h3-4,6,8-12,19H,2,5,7,13H2,1H3. The number of hydrogen-bond acceptors (Lipinski definition) is 3. The molecule has 0 bridgehead atoms. The maximum Gasteiger partial charge on any atom is 0.240 e. The van der Waals surface area contributed by atoms with Gasteiger partial charge in [-0.2, -0.15) is 0 Å². The molecule has 1 N–H and O–H groups in total. The lowest BCUT2D eigenvalue weighted by Crippen LogP contribution is -2.25. The van der Waals surface area contributed by atoms with Crippen LogP contribution in [0.3, 0.4) is 0 Å². The first-order chi connectivity index (χ1) is 11.0. The summed E-state index contributed by atoms with van der Waals surface area (Å²) >= 11 is 5.77. The maximum absolute atomic E-state index is 12.1. The molecule has 0 spiro atoms. The van der Waals surface area contributed by atoms with Crippen molar-refractivity contribution < 1.29 is 13.2 Å². The van der Waals surface area contributed by atoms with Crippen molar-refractivity contribution in [2.24, 2.45) is 0 Å². The fraction of sp³-hybridized carbons (Fsp3) is 0.294. The van der Waals surface area contributed by atoms with E-state index in [1.54, 1.807) is 12.1 Å². The average molecular weight is 354 g/mol. The Hall–Kier alpha value is -1.56. The van der Waals surface area contributed by atoms with Crippen LogP contribution in [0, 0.1) is 0 Å². The van der Waals surface area contributed by atoms with Crippen molar-refractivity contribution in [2.75, 3.05) is 13.2 Å². The SMILES string of the molecule is CCOc1ccccc1CCCNS(=O)(=O)c1ccc(Cl)cc1. The number of sulfonamides is 1. The van der Waals surface area contributed by atoms with Gasteiger partial charge >= 0.3 is 0 Å². The van der Waals surface area contributed by atoms with Crippen LogP contribution >= 0.6 is 11.6 Å². The molecule has 0 radical (unpaired) electrons. The van der Waals surface area contributed by atoms with E-state index in [9.17, 15) is 8.42 Å². The minimum absolute atomic E-state index is 0.219. The number of halogens is 1. The molecule has 23 heavy (non-hydrogen) atoms. The molecule has 0 aromatic heterocycles. The molecule has 0 unspecified atom stereocenters. The first-order valence-corrected chi connectivity index (χ1v) is 9.35. The summed E-state index contributed by atoms with van der Waals surface area (Å²) in [4.78, 5) is 0.219. The highest BCUT2D eigenvalue weighted by atomic mass is 35.5. The van der Waals surface area contributed by atoms with E-state index in [0.717, 1.165) is 17.7 Å². The summed E-state index contributed by atoms with van der Waals surface area (Å²) < 4.78 is 32.5. The highest BCUT2D eigenvalue weighted by Gasteiger charge is 2.13. The molecular formula is C17H20ClNO3S. The Morgan fingerprint density at radius 1 is 1.09 bits per heavy atom. The molecule has 2 aromatic carbocycles. The molecule has 0 aliphatic heterocycles. The fourth-order valence-corrected chi connectivity index (χ4v) is 3.39. The molecule has 0 saturated carbocycles. The Morgan fingerprint density at radius 3 is 2.48 bits per heavy atom. The van der Waals surface area contributed by atoms with Crippen molar-refractivity contribution in [2.45, 2.75) is 24.7 Å². The third-order valence-corrected chi connectivity index (χ3v) is 5.04. The van der Waals surface area contributed by atoms with Crippen LogP contribution < -0.4 is 9.46 Å². The summed E-state index contributed by atoms with van der Waals surface area (Å²) in [5.41, 5.74) is 1.08. The molecule has 4 nitrogen and oxygen atoms in total. The minimum atomic E-state index is -3.49. The van der Waals surface area contributed by atoms with E-state index in [4.69, 9.17) is 16.3 Å². The van der Waals surface area contributed by atoms with Crippen molar-refractivity contribution in [1.82, 2.24) is 4.72 Å². The summed E-state index contributed by atoms with van der Waals surface area (Å²) in [7, 11) is -3.49. The molecule has 0 aliphatic rings. The second-order valence-corrected chi connectivity index (χ2v) is 7.20. The van der Waals surface area contributed by atoms with Crippen LogP contribution in [0.25, 0.3) is 0 Å². The molecule has 0 amide bonds. The van der Waals surface area contributed by atoms with Gasteiger partial charge in [-0.1, -0.05) is 29.8 Å². The minimum Gasteiger partial charge on any atom is -0.494 e. The number of hydrogen-bond donors (Lipinski definition) is 1. The molecule has 0 atom stereocenters. The van der Waals surface area contributed by atoms with Crippen LogP contribution in [0.5, 0.6) is 5.75 Å². The number of ether oxygens (including phenoxy) is 1. The quantitative estimate of drug-likeness (QED) is 0.737. The summed E-state index contributed by atoms with van der Waals surface area (Å²) in [5, 5.41) is 0.511. The normalized spacial score (nSPS) is 11.4. The third-order valence-electron chi connectivity index (χ3n) is 3.31. The van der Waals surface area contributed by atoms with E-state index < -0.39 is 10.0 Å².